The topological polar surface area (TPSA) is 98.2 Å². The molecule has 0 atom stereocenters. The maximum atomic E-state index is 12.3. The molecule has 1 aromatic rings. The third-order valence-corrected chi connectivity index (χ3v) is 3.78. The lowest BCUT2D eigenvalue weighted by atomic mass is 9.94. The van der Waals surface area contributed by atoms with Gasteiger partial charge in [0.15, 0.2) is 0 Å². The van der Waals surface area contributed by atoms with Crippen LogP contribution in [0.2, 0.25) is 0 Å². The molecule has 0 aromatic heterocycles. The Hall–Kier alpha value is -2.04. The Morgan fingerprint density at radius 1 is 1.15 bits per heavy atom. The number of primary amides is 1. The third kappa shape index (κ3) is 3.29. The number of anilines is 1. The summed E-state index contributed by atoms with van der Waals surface area (Å²) in [4.78, 5) is 22.9. The first-order chi connectivity index (χ1) is 9.54. The zero-order valence-electron chi connectivity index (χ0n) is 11.5. The van der Waals surface area contributed by atoms with Crippen LogP contribution in [0.25, 0.3) is 0 Å². The minimum absolute atomic E-state index is 0.0707. The fourth-order valence-corrected chi connectivity index (χ4v) is 2.37. The summed E-state index contributed by atoms with van der Waals surface area (Å²) in [5, 5.41) is 2.95. The molecular weight excluding hydrogens is 254 g/mol. The molecule has 108 valence electrons. The Morgan fingerprint density at radius 3 is 2.35 bits per heavy atom. The number of benzene rings is 1. The molecule has 5 heteroatoms. The van der Waals surface area contributed by atoms with Crippen LogP contribution in [-0.2, 0) is 15.0 Å². The highest BCUT2D eigenvalue weighted by Crippen LogP contribution is 2.48. The Labute approximate surface area is 118 Å². The summed E-state index contributed by atoms with van der Waals surface area (Å²) < 4.78 is 0. The quantitative estimate of drug-likeness (QED) is 0.513. The highest BCUT2D eigenvalue weighted by atomic mass is 16.2. The van der Waals surface area contributed by atoms with Gasteiger partial charge >= 0.3 is 0 Å². The number of nitrogen functional groups attached to an aromatic ring is 1. The summed E-state index contributed by atoms with van der Waals surface area (Å²) in [6.07, 6.45) is 3.62. The van der Waals surface area contributed by atoms with Crippen molar-refractivity contribution in [1.29, 1.82) is 0 Å². The van der Waals surface area contributed by atoms with Crippen LogP contribution in [0.4, 0.5) is 5.69 Å². The summed E-state index contributed by atoms with van der Waals surface area (Å²) in [6, 6.07) is 7.51. The van der Waals surface area contributed by atoms with Crippen molar-refractivity contribution in [3.05, 3.63) is 29.8 Å². The standard InChI is InChI=1S/C15H21N3O2/c16-12-6-4-11(5-7-12)15(8-9-15)14(20)18-10-2-1-3-13(17)19/h4-7H,1-3,8-10,16H2,(H2,17,19)(H,18,20). The number of hydrogen-bond donors (Lipinski definition) is 3. The molecule has 5 N–H and O–H groups in total. The van der Waals surface area contributed by atoms with Crippen molar-refractivity contribution in [2.45, 2.75) is 37.5 Å². The molecule has 1 aliphatic carbocycles. The van der Waals surface area contributed by atoms with Crippen molar-refractivity contribution in [1.82, 2.24) is 5.32 Å². The SMILES string of the molecule is NC(=O)CCCCNC(=O)C1(c2ccc(N)cc2)CC1. The largest absolute Gasteiger partial charge is 0.399 e. The van der Waals surface area contributed by atoms with E-state index in [0.717, 1.165) is 24.8 Å². The Morgan fingerprint density at radius 2 is 1.80 bits per heavy atom. The predicted octanol–water partition coefficient (Wildman–Crippen LogP) is 1.07. The molecule has 1 fully saturated rings. The number of carbonyl (C=O) groups is 2. The van der Waals surface area contributed by atoms with Crippen LogP contribution >= 0.6 is 0 Å². The second kappa shape index (κ2) is 5.94. The first kappa shape index (κ1) is 14.4. The van der Waals surface area contributed by atoms with E-state index >= 15 is 0 Å². The molecular formula is C15H21N3O2. The number of nitrogens with one attached hydrogen (secondary N) is 1. The summed E-state index contributed by atoms with van der Waals surface area (Å²) in [5.74, 6) is -0.224. The minimum atomic E-state index is -0.364. The van der Waals surface area contributed by atoms with E-state index < -0.39 is 0 Å². The van der Waals surface area contributed by atoms with Gasteiger partial charge in [-0.25, -0.2) is 0 Å². The number of nitrogens with two attached hydrogens (primary N) is 2. The zero-order chi connectivity index (χ0) is 14.6. The number of amides is 2. The second-order valence-electron chi connectivity index (χ2n) is 5.38. The second-order valence-corrected chi connectivity index (χ2v) is 5.38. The van der Waals surface area contributed by atoms with Gasteiger partial charge < -0.3 is 16.8 Å². The van der Waals surface area contributed by atoms with Gasteiger partial charge in [0.1, 0.15) is 0 Å². The number of carbonyl (C=O) groups excluding carboxylic acids is 2. The summed E-state index contributed by atoms with van der Waals surface area (Å²) in [7, 11) is 0. The van der Waals surface area contributed by atoms with Gasteiger partial charge in [-0.15, -0.1) is 0 Å². The van der Waals surface area contributed by atoms with E-state index in [1.54, 1.807) is 0 Å². The molecule has 1 saturated carbocycles. The lowest BCUT2D eigenvalue weighted by Crippen LogP contribution is -2.35. The highest BCUT2D eigenvalue weighted by Gasteiger charge is 2.50. The fourth-order valence-electron chi connectivity index (χ4n) is 2.37. The first-order valence-corrected chi connectivity index (χ1v) is 6.97. The van der Waals surface area contributed by atoms with Crippen molar-refractivity contribution < 1.29 is 9.59 Å². The summed E-state index contributed by atoms with van der Waals surface area (Å²) in [5.41, 5.74) is 12.1. The summed E-state index contributed by atoms with van der Waals surface area (Å²) >= 11 is 0. The van der Waals surface area contributed by atoms with Crippen molar-refractivity contribution in [2.75, 3.05) is 12.3 Å². The van der Waals surface area contributed by atoms with Gasteiger partial charge in [0.2, 0.25) is 11.8 Å². The van der Waals surface area contributed by atoms with E-state index in [2.05, 4.69) is 5.32 Å². The molecule has 2 amide bonds. The maximum Gasteiger partial charge on any atom is 0.230 e. The average molecular weight is 275 g/mol. The van der Waals surface area contributed by atoms with Gasteiger partial charge in [-0.05, 0) is 43.4 Å². The average Bonchev–Trinajstić information content (AvgIpc) is 3.20. The maximum absolute atomic E-state index is 12.3. The number of unbranched alkanes of at least 4 members (excludes halogenated alkanes) is 1. The van der Waals surface area contributed by atoms with Gasteiger partial charge in [-0.3, -0.25) is 9.59 Å². The fraction of sp³-hybridized carbons (Fsp3) is 0.467. The molecule has 0 saturated heterocycles. The molecule has 0 aliphatic heterocycles. The Bertz CT molecular complexity index is 492. The lowest BCUT2D eigenvalue weighted by molar-refractivity contribution is -0.123. The highest BCUT2D eigenvalue weighted by molar-refractivity contribution is 5.91. The van der Waals surface area contributed by atoms with E-state index in [9.17, 15) is 9.59 Å². The molecule has 2 rings (SSSR count). The van der Waals surface area contributed by atoms with E-state index in [0.29, 0.717) is 25.1 Å². The summed E-state index contributed by atoms with van der Waals surface area (Å²) in [6.45, 7) is 0.586. The molecule has 0 spiro atoms. The molecule has 0 radical (unpaired) electrons. The normalized spacial score (nSPS) is 15.6. The lowest BCUT2D eigenvalue weighted by Gasteiger charge is -2.16. The van der Waals surface area contributed by atoms with Crippen LogP contribution < -0.4 is 16.8 Å². The molecule has 1 aliphatic rings. The van der Waals surface area contributed by atoms with E-state index in [4.69, 9.17) is 11.5 Å². The van der Waals surface area contributed by atoms with Gasteiger partial charge in [0.05, 0.1) is 5.41 Å². The third-order valence-electron chi connectivity index (χ3n) is 3.78. The molecule has 1 aromatic carbocycles. The van der Waals surface area contributed by atoms with Crippen LogP contribution in [0, 0.1) is 0 Å². The van der Waals surface area contributed by atoms with Gasteiger partial charge in [0, 0.05) is 18.7 Å². The molecule has 20 heavy (non-hydrogen) atoms. The van der Waals surface area contributed by atoms with Crippen LogP contribution in [0.3, 0.4) is 0 Å². The van der Waals surface area contributed by atoms with Gasteiger partial charge in [0.25, 0.3) is 0 Å². The van der Waals surface area contributed by atoms with Crippen molar-refractivity contribution in [3.63, 3.8) is 0 Å². The van der Waals surface area contributed by atoms with Gasteiger partial charge in [-0.2, -0.15) is 0 Å². The first-order valence-electron chi connectivity index (χ1n) is 6.97. The van der Waals surface area contributed by atoms with Crippen molar-refractivity contribution in [2.24, 2.45) is 5.73 Å². The number of hydrogen-bond acceptors (Lipinski definition) is 3. The van der Waals surface area contributed by atoms with Crippen LogP contribution in [-0.4, -0.2) is 18.4 Å². The smallest absolute Gasteiger partial charge is 0.230 e. The van der Waals surface area contributed by atoms with Crippen LogP contribution in [0.5, 0.6) is 0 Å². The Balaban J connectivity index is 1.83. The zero-order valence-corrected chi connectivity index (χ0v) is 11.5. The van der Waals surface area contributed by atoms with Crippen LogP contribution in [0.15, 0.2) is 24.3 Å². The van der Waals surface area contributed by atoms with E-state index in [-0.39, 0.29) is 17.2 Å². The minimum Gasteiger partial charge on any atom is -0.399 e. The van der Waals surface area contributed by atoms with Crippen molar-refractivity contribution >= 4 is 17.5 Å². The predicted molar refractivity (Wildman–Crippen MR) is 77.8 cm³/mol. The molecule has 5 nitrogen and oxygen atoms in total. The molecule has 0 heterocycles. The number of rotatable bonds is 7. The molecule has 0 bridgehead atoms. The van der Waals surface area contributed by atoms with Crippen molar-refractivity contribution in [3.8, 4) is 0 Å². The molecule has 0 unspecified atom stereocenters. The van der Waals surface area contributed by atoms with E-state index in [1.807, 2.05) is 24.3 Å². The van der Waals surface area contributed by atoms with Gasteiger partial charge in [-0.1, -0.05) is 12.1 Å². The monoisotopic (exact) mass is 275 g/mol. The van der Waals surface area contributed by atoms with Crippen LogP contribution in [0.1, 0.15) is 37.7 Å². The Kier molecular flexibility index (Phi) is 4.27. The van der Waals surface area contributed by atoms with E-state index in [1.165, 1.54) is 0 Å².